The summed E-state index contributed by atoms with van der Waals surface area (Å²) in [5.41, 5.74) is 0.268. The van der Waals surface area contributed by atoms with Gasteiger partial charge in [-0.25, -0.2) is 0 Å². The second-order valence-electron chi connectivity index (χ2n) is 3.80. The molecule has 0 radical (unpaired) electrons. The number of carbonyl (C=O) groups is 2. The fraction of sp³-hybridized carbons (Fsp3) is 0.333. The molecule has 15 heavy (non-hydrogen) atoms. The van der Waals surface area contributed by atoms with Crippen LogP contribution in [0.3, 0.4) is 0 Å². The molecule has 0 heterocycles. The van der Waals surface area contributed by atoms with Crippen molar-refractivity contribution in [3.63, 3.8) is 0 Å². The van der Waals surface area contributed by atoms with Crippen molar-refractivity contribution in [1.82, 2.24) is 0 Å². The fourth-order valence-corrected chi connectivity index (χ4v) is 1.98. The lowest BCUT2D eigenvalue weighted by Crippen LogP contribution is -2.17. The topological polar surface area (TPSA) is 43.4 Å². The van der Waals surface area contributed by atoms with Crippen molar-refractivity contribution in [3.05, 3.63) is 35.9 Å². The molecule has 1 fully saturated rings. The van der Waals surface area contributed by atoms with Crippen molar-refractivity contribution >= 4 is 12.3 Å². The Kier molecular flexibility index (Phi) is 2.31. The number of benzene rings is 1. The van der Waals surface area contributed by atoms with E-state index in [9.17, 15) is 9.59 Å². The molecule has 0 spiro atoms. The van der Waals surface area contributed by atoms with Gasteiger partial charge in [0.2, 0.25) is 0 Å². The van der Waals surface area contributed by atoms with Crippen LogP contribution in [0, 0.1) is 5.92 Å². The van der Waals surface area contributed by atoms with E-state index in [-0.39, 0.29) is 11.9 Å². The van der Waals surface area contributed by atoms with Gasteiger partial charge in [0.25, 0.3) is 0 Å². The van der Waals surface area contributed by atoms with Gasteiger partial charge in [-0.05, 0) is 12.0 Å². The maximum absolute atomic E-state index is 11.3. The number of methoxy groups -OCH3 is 1. The summed E-state index contributed by atoms with van der Waals surface area (Å²) in [6.07, 6.45) is 1.43. The highest BCUT2D eigenvalue weighted by Gasteiger charge is 2.60. The van der Waals surface area contributed by atoms with Gasteiger partial charge in [-0.2, -0.15) is 0 Å². The lowest BCUT2D eigenvalue weighted by atomic mass is 9.95. The van der Waals surface area contributed by atoms with E-state index in [1.807, 2.05) is 30.3 Å². The Hall–Kier alpha value is -1.64. The summed E-state index contributed by atoms with van der Waals surface area (Å²) < 4.78 is 4.65. The van der Waals surface area contributed by atoms with Crippen LogP contribution in [0.2, 0.25) is 0 Å². The van der Waals surface area contributed by atoms with E-state index in [4.69, 9.17) is 0 Å². The molecule has 0 N–H and O–H groups in total. The summed E-state index contributed by atoms with van der Waals surface area (Å²) in [5, 5.41) is 0. The van der Waals surface area contributed by atoms with Gasteiger partial charge in [0, 0.05) is 0 Å². The molecule has 1 aliphatic carbocycles. The first-order valence-corrected chi connectivity index (χ1v) is 4.84. The number of aldehydes is 1. The monoisotopic (exact) mass is 204 g/mol. The first kappa shape index (κ1) is 9.90. The molecule has 2 atom stereocenters. The first-order chi connectivity index (χ1) is 7.24. The van der Waals surface area contributed by atoms with E-state index in [1.165, 1.54) is 7.11 Å². The number of ether oxygens (including phenoxy) is 1. The molecule has 0 amide bonds. The van der Waals surface area contributed by atoms with Crippen LogP contribution in [0.4, 0.5) is 0 Å². The van der Waals surface area contributed by atoms with Crippen molar-refractivity contribution in [3.8, 4) is 0 Å². The Balaban J connectivity index is 2.28. The average molecular weight is 204 g/mol. The van der Waals surface area contributed by atoms with Crippen LogP contribution in [0.5, 0.6) is 0 Å². The predicted molar refractivity (Wildman–Crippen MR) is 54.3 cm³/mol. The van der Waals surface area contributed by atoms with Crippen LogP contribution in [-0.2, 0) is 19.7 Å². The van der Waals surface area contributed by atoms with Gasteiger partial charge < -0.3 is 9.53 Å². The molecule has 0 bridgehead atoms. The van der Waals surface area contributed by atoms with Crippen LogP contribution < -0.4 is 0 Å². The van der Waals surface area contributed by atoms with Crippen LogP contribution in [-0.4, -0.2) is 19.4 Å². The lowest BCUT2D eigenvalue weighted by molar-refractivity contribution is -0.143. The van der Waals surface area contributed by atoms with E-state index in [2.05, 4.69) is 4.74 Å². The zero-order valence-corrected chi connectivity index (χ0v) is 8.47. The number of carbonyl (C=O) groups excluding carboxylic acids is 2. The molecular formula is C12H12O3. The molecule has 1 saturated carbocycles. The molecule has 0 saturated heterocycles. The molecule has 0 unspecified atom stereocenters. The first-order valence-electron chi connectivity index (χ1n) is 4.84. The summed E-state index contributed by atoms with van der Waals surface area (Å²) in [6, 6.07) is 9.37. The average Bonchev–Trinajstić information content (AvgIpc) is 3.05. The predicted octanol–water partition coefficient (Wildman–Crippen LogP) is 1.32. The van der Waals surface area contributed by atoms with E-state index in [0.29, 0.717) is 6.42 Å². The highest BCUT2D eigenvalue weighted by molar-refractivity contribution is 5.89. The van der Waals surface area contributed by atoms with Crippen molar-refractivity contribution in [2.24, 2.45) is 5.92 Å². The van der Waals surface area contributed by atoms with Gasteiger partial charge in [0.05, 0.1) is 18.4 Å². The Morgan fingerprint density at radius 2 is 2.13 bits per heavy atom. The SMILES string of the molecule is COC(=O)[C@@H]1C[C@@]1(C=O)c1ccccc1. The fourth-order valence-electron chi connectivity index (χ4n) is 1.98. The third-order valence-electron chi connectivity index (χ3n) is 3.01. The largest absolute Gasteiger partial charge is 0.469 e. The molecule has 2 rings (SSSR count). The molecule has 3 nitrogen and oxygen atoms in total. The number of hydrogen-bond donors (Lipinski definition) is 0. The summed E-state index contributed by atoms with van der Waals surface area (Å²) in [5.74, 6) is -0.603. The van der Waals surface area contributed by atoms with Crippen LogP contribution in [0.15, 0.2) is 30.3 Å². The maximum Gasteiger partial charge on any atom is 0.310 e. The molecule has 1 aromatic carbocycles. The second-order valence-corrected chi connectivity index (χ2v) is 3.80. The molecule has 0 aliphatic heterocycles. The Bertz CT molecular complexity index is 385. The zero-order valence-electron chi connectivity index (χ0n) is 8.47. The van der Waals surface area contributed by atoms with Gasteiger partial charge in [-0.15, -0.1) is 0 Å². The molecule has 78 valence electrons. The van der Waals surface area contributed by atoms with E-state index in [1.54, 1.807) is 0 Å². The minimum absolute atomic E-state index is 0.300. The smallest absolute Gasteiger partial charge is 0.310 e. The highest BCUT2D eigenvalue weighted by atomic mass is 16.5. The minimum atomic E-state index is -0.631. The van der Waals surface area contributed by atoms with Crippen LogP contribution in [0.25, 0.3) is 0 Å². The van der Waals surface area contributed by atoms with E-state index in [0.717, 1.165) is 11.8 Å². The second kappa shape index (κ2) is 3.50. The van der Waals surface area contributed by atoms with Crippen molar-refractivity contribution in [2.75, 3.05) is 7.11 Å². The summed E-state index contributed by atoms with van der Waals surface area (Å²) >= 11 is 0. The maximum atomic E-state index is 11.3. The molecular weight excluding hydrogens is 192 g/mol. The standard InChI is InChI=1S/C12H12O3/c1-15-11(14)10-7-12(10,8-13)9-5-3-2-4-6-9/h2-6,8,10H,7H2,1H3/t10-,12+/m0/s1. The number of esters is 1. The van der Waals surface area contributed by atoms with Crippen LogP contribution >= 0.6 is 0 Å². The summed E-state index contributed by atoms with van der Waals surface area (Å²) in [4.78, 5) is 22.5. The van der Waals surface area contributed by atoms with Crippen LogP contribution in [0.1, 0.15) is 12.0 Å². The molecule has 1 aromatic rings. The summed E-state index contributed by atoms with van der Waals surface area (Å²) in [7, 11) is 1.35. The molecule has 0 aromatic heterocycles. The third kappa shape index (κ3) is 1.44. The number of hydrogen-bond acceptors (Lipinski definition) is 3. The zero-order chi connectivity index (χ0) is 10.9. The van der Waals surface area contributed by atoms with Crippen molar-refractivity contribution in [1.29, 1.82) is 0 Å². The lowest BCUT2D eigenvalue weighted by Gasteiger charge is -2.08. The quantitative estimate of drug-likeness (QED) is 0.551. The van der Waals surface area contributed by atoms with Gasteiger partial charge in [0.1, 0.15) is 6.29 Å². The Labute approximate surface area is 88.1 Å². The Morgan fingerprint density at radius 1 is 1.47 bits per heavy atom. The van der Waals surface area contributed by atoms with Crippen molar-refractivity contribution < 1.29 is 14.3 Å². The minimum Gasteiger partial charge on any atom is -0.469 e. The molecule has 3 heteroatoms. The van der Waals surface area contributed by atoms with Gasteiger partial charge in [-0.1, -0.05) is 30.3 Å². The van der Waals surface area contributed by atoms with Crippen molar-refractivity contribution in [2.45, 2.75) is 11.8 Å². The van der Waals surface area contributed by atoms with E-state index >= 15 is 0 Å². The third-order valence-corrected chi connectivity index (χ3v) is 3.01. The Morgan fingerprint density at radius 3 is 2.67 bits per heavy atom. The number of rotatable bonds is 3. The summed E-state index contributed by atoms with van der Waals surface area (Å²) in [6.45, 7) is 0. The van der Waals surface area contributed by atoms with Gasteiger partial charge in [0.15, 0.2) is 0 Å². The van der Waals surface area contributed by atoms with E-state index < -0.39 is 5.41 Å². The molecule has 1 aliphatic rings. The van der Waals surface area contributed by atoms with Gasteiger partial charge >= 0.3 is 5.97 Å². The van der Waals surface area contributed by atoms with Gasteiger partial charge in [-0.3, -0.25) is 4.79 Å². The normalized spacial score (nSPS) is 28.2. The highest BCUT2D eigenvalue weighted by Crippen LogP contribution is 2.53.